The second-order valence-electron chi connectivity index (χ2n) is 4.59. The van der Waals surface area contributed by atoms with Gasteiger partial charge in [0.05, 0.1) is 13.2 Å². The molecular formula is C14H23N3O4. The normalized spacial score (nSPS) is 10.5. The van der Waals surface area contributed by atoms with Gasteiger partial charge in [-0.1, -0.05) is 0 Å². The Morgan fingerprint density at radius 2 is 2.10 bits per heavy atom. The molecule has 0 saturated heterocycles. The molecule has 0 bridgehead atoms. The lowest BCUT2D eigenvalue weighted by molar-refractivity contribution is -0.121. The molecule has 1 rings (SSSR count). The topological polar surface area (TPSA) is 95.6 Å². The van der Waals surface area contributed by atoms with Crippen molar-refractivity contribution in [1.82, 2.24) is 9.88 Å². The number of anilines is 1. The zero-order valence-electron chi connectivity index (χ0n) is 12.3. The number of nitrogens with two attached hydrogens (primary N) is 1. The summed E-state index contributed by atoms with van der Waals surface area (Å²) in [4.78, 5) is 23.2. The SMILES string of the molecule is COCCOCCCCNC(=O)Cn1cc(N)ccc1=O. The number of carbonyl (C=O) groups is 1. The Morgan fingerprint density at radius 3 is 2.86 bits per heavy atom. The van der Waals surface area contributed by atoms with Crippen LogP contribution in [0.4, 0.5) is 5.69 Å². The van der Waals surface area contributed by atoms with Gasteiger partial charge in [-0.15, -0.1) is 0 Å². The molecule has 0 spiro atoms. The van der Waals surface area contributed by atoms with Crippen LogP contribution in [-0.4, -0.2) is 43.9 Å². The molecule has 21 heavy (non-hydrogen) atoms. The van der Waals surface area contributed by atoms with E-state index in [0.29, 0.717) is 32.1 Å². The maximum atomic E-state index is 11.7. The van der Waals surface area contributed by atoms with E-state index in [9.17, 15) is 9.59 Å². The standard InChI is InChI=1S/C14H23N3O4/c1-20-8-9-21-7-3-2-6-16-13(18)11-17-10-12(15)4-5-14(17)19/h4-5,10H,2-3,6-9,11,15H2,1H3,(H,16,18). The van der Waals surface area contributed by atoms with Gasteiger partial charge in [0.1, 0.15) is 6.54 Å². The first kappa shape index (κ1) is 17.2. The Morgan fingerprint density at radius 1 is 1.29 bits per heavy atom. The van der Waals surface area contributed by atoms with Gasteiger partial charge in [-0.05, 0) is 18.9 Å². The van der Waals surface area contributed by atoms with Crippen molar-refractivity contribution in [3.05, 3.63) is 28.7 Å². The Bertz CT molecular complexity index is 487. The van der Waals surface area contributed by atoms with Crippen molar-refractivity contribution >= 4 is 11.6 Å². The third-order valence-corrected chi connectivity index (χ3v) is 2.79. The van der Waals surface area contributed by atoms with Gasteiger partial charge in [0, 0.05) is 38.2 Å². The predicted octanol–water partition coefficient (Wildman–Crippen LogP) is -0.0101. The van der Waals surface area contributed by atoms with Gasteiger partial charge in [0.25, 0.3) is 5.56 Å². The van der Waals surface area contributed by atoms with Crippen molar-refractivity contribution in [2.45, 2.75) is 19.4 Å². The lowest BCUT2D eigenvalue weighted by Gasteiger charge is -2.08. The van der Waals surface area contributed by atoms with Gasteiger partial charge >= 0.3 is 0 Å². The van der Waals surface area contributed by atoms with Crippen LogP contribution in [0.3, 0.4) is 0 Å². The third kappa shape index (κ3) is 7.48. The van der Waals surface area contributed by atoms with Gasteiger partial charge in [0.2, 0.25) is 5.91 Å². The molecule has 0 unspecified atom stereocenters. The maximum absolute atomic E-state index is 11.7. The van der Waals surface area contributed by atoms with E-state index in [-0.39, 0.29) is 18.0 Å². The van der Waals surface area contributed by atoms with Crippen molar-refractivity contribution in [2.24, 2.45) is 0 Å². The highest BCUT2D eigenvalue weighted by Gasteiger charge is 2.04. The summed E-state index contributed by atoms with van der Waals surface area (Å²) in [7, 11) is 1.63. The molecule has 1 aromatic heterocycles. The van der Waals surface area contributed by atoms with Gasteiger partial charge in [-0.3, -0.25) is 9.59 Å². The number of unbranched alkanes of at least 4 members (excludes halogenated alkanes) is 1. The van der Waals surface area contributed by atoms with E-state index in [0.717, 1.165) is 12.8 Å². The van der Waals surface area contributed by atoms with E-state index in [4.69, 9.17) is 15.2 Å². The van der Waals surface area contributed by atoms with E-state index < -0.39 is 0 Å². The second-order valence-corrected chi connectivity index (χ2v) is 4.59. The van der Waals surface area contributed by atoms with Crippen LogP contribution in [0.1, 0.15) is 12.8 Å². The molecule has 7 heteroatoms. The van der Waals surface area contributed by atoms with Crippen LogP contribution in [-0.2, 0) is 20.8 Å². The van der Waals surface area contributed by atoms with Gasteiger partial charge in [-0.25, -0.2) is 0 Å². The first-order valence-electron chi connectivity index (χ1n) is 6.93. The molecule has 1 aromatic rings. The van der Waals surface area contributed by atoms with Crippen molar-refractivity contribution in [2.75, 3.05) is 39.2 Å². The Labute approximate surface area is 124 Å². The monoisotopic (exact) mass is 297 g/mol. The Balaban J connectivity index is 2.14. The maximum Gasteiger partial charge on any atom is 0.251 e. The minimum absolute atomic E-state index is 0.0196. The predicted molar refractivity (Wildman–Crippen MR) is 80.1 cm³/mol. The van der Waals surface area contributed by atoms with Crippen LogP contribution in [0.5, 0.6) is 0 Å². The smallest absolute Gasteiger partial charge is 0.251 e. The van der Waals surface area contributed by atoms with E-state index in [2.05, 4.69) is 5.32 Å². The lowest BCUT2D eigenvalue weighted by atomic mass is 10.3. The van der Waals surface area contributed by atoms with Crippen LogP contribution in [0, 0.1) is 0 Å². The van der Waals surface area contributed by atoms with Crippen LogP contribution in [0.25, 0.3) is 0 Å². The zero-order valence-corrected chi connectivity index (χ0v) is 12.3. The van der Waals surface area contributed by atoms with Crippen molar-refractivity contribution in [3.8, 4) is 0 Å². The highest BCUT2D eigenvalue weighted by atomic mass is 16.5. The molecule has 7 nitrogen and oxygen atoms in total. The summed E-state index contributed by atoms with van der Waals surface area (Å²) < 4.78 is 11.5. The third-order valence-electron chi connectivity index (χ3n) is 2.79. The minimum Gasteiger partial charge on any atom is -0.398 e. The molecule has 0 fully saturated rings. The van der Waals surface area contributed by atoms with Crippen molar-refractivity contribution in [3.63, 3.8) is 0 Å². The number of amides is 1. The average molecular weight is 297 g/mol. The summed E-state index contributed by atoms with van der Waals surface area (Å²) >= 11 is 0. The minimum atomic E-state index is -0.245. The number of hydrogen-bond donors (Lipinski definition) is 2. The molecule has 0 aliphatic heterocycles. The molecule has 3 N–H and O–H groups in total. The fraction of sp³-hybridized carbons (Fsp3) is 0.571. The largest absolute Gasteiger partial charge is 0.398 e. The van der Waals surface area contributed by atoms with Gasteiger partial charge in [0.15, 0.2) is 0 Å². The number of methoxy groups -OCH3 is 1. The van der Waals surface area contributed by atoms with Crippen LogP contribution < -0.4 is 16.6 Å². The number of hydrogen-bond acceptors (Lipinski definition) is 5. The number of nitrogens with one attached hydrogen (secondary N) is 1. The van der Waals surface area contributed by atoms with Crippen molar-refractivity contribution < 1.29 is 14.3 Å². The van der Waals surface area contributed by atoms with Crippen LogP contribution in [0.15, 0.2) is 23.1 Å². The van der Waals surface area contributed by atoms with Gasteiger partial charge < -0.3 is 25.1 Å². The number of nitrogen functional groups attached to an aromatic ring is 1. The summed E-state index contributed by atoms with van der Waals surface area (Å²) in [5, 5.41) is 2.76. The first-order chi connectivity index (χ1) is 10.1. The van der Waals surface area contributed by atoms with Crippen molar-refractivity contribution in [1.29, 1.82) is 0 Å². The molecular weight excluding hydrogens is 274 g/mol. The molecule has 0 aliphatic rings. The highest BCUT2D eigenvalue weighted by molar-refractivity contribution is 5.75. The molecule has 0 radical (unpaired) electrons. The Kier molecular flexibility index (Phi) is 8.15. The number of carbonyl (C=O) groups excluding carboxylic acids is 1. The summed E-state index contributed by atoms with van der Waals surface area (Å²) in [6.07, 6.45) is 3.15. The molecule has 0 aliphatic carbocycles. The second kappa shape index (κ2) is 9.95. The molecule has 118 valence electrons. The number of rotatable bonds is 10. The molecule has 0 atom stereocenters. The molecule has 1 amide bonds. The summed E-state index contributed by atoms with van der Waals surface area (Å²) in [6, 6.07) is 2.86. The molecule has 1 heterocycles. The van der Waals surface area contributed by atoms with E-state index in [1.54, 1.807) is 7.11 Å². The fourth-order valence-electron chi connectivity index (χ4n) is 1.69. The average Bonchev–Trinajstić information content (AvgIpc) is 2.46. The van der Waals surface area contributed by atoms with E-state index >= 15 is 0 Å². The van der Waals surface area contributed by atoms with Crippen LogP contribution >= 0.6 is 0 Å². The summed E-state index contributed by atoms with van der Waals surface area (Å²) in [5.41, 5.74) is 5.79. The quantitative estimate of drug-likeness (QED) is 0.592. The number of nitrogens with zero attached hydrogens (tertiary/aromatic N) is 1. The van der Waals surface area contributed by atoms with E-state index in [1.165, 1.54) is 22.9 Å². The van der Waals surface area contributed by atoms with Crippen LogP contribution in [0.2, 0.25) is 0 Å². The fourth-order valence-corrected chi connectivity index (χ4v) is 1.69. The first-order valence-corrected chi connectivity index (χ1v) is 6.93. The highest BCUT2D eigenvalue weighted by Crippen LogP contribution is 1.95. The summed E-state index contributed by atoms with van der Waals surface area (Å²) in [6.45, 7) is 2.36. The number of ether oxygens (including phenoxy) is 2. The zero-order chi connectivity index (χ0) is 15.5. The number of pyridine rings is 1. The Hall–Kier alpha value is -1.86. The molecule has 0 saturated carbocycles. The van der Waals surface area contributed by atoms with E-state index in [1.807, 2.05) is 0 Å². The summed E-state index contributed by atoms with van der Waals surface area (Å²) in [5.74, 6) is -0.206. The number of aromatic nitrogens is 1. The van der Waals surface area contributed by atoms with Gasteiger partial charge in [-0.2, -0.15) is 0 Å². The lowest BCUT2D eigenvalue weighted by Crippen LogP contribution is -2.32. The molecule has 0 aromatic carbocycles.